The third kappa shape index (κ3) is 1.79. The Hall–Kier alpha value is -3.16. The Labute approximate surface area is 111 Å². The van der Waals surface area contributed by atoms with Gasteiger partial charge >= 0.3 is 5.69 Å². The lowest BCUT2D eigenvalue weighted by atomic mass is 10.2. The van der Waals surface area contributed by atoms with Crippen molar-refractivity contribution in [2.24, 2.45) is 0 Å². The van der Waals surface area contributed by atoms with Crippen LogP contribution in [-0.4, -0.2) is 30.1 Å². The fourth-order valence-corrected chi connectivity index (χ4v) is 1.83. The zero-order chi connectivity index (χ0) is 14.3. The lowest BCUT2D eigenvalue weighted by molar-refractivity contribution is -0.385. The average Bonchev–Trinajstić information content (AvgIpc) is 2.81. The van der Waals surface area contributed by atoms with E-state index >= 15 is 0 Å². The number of nitrogens with zero attached hydrogens (tertiary/aromatic N) is 4. The molecule has 100 valence electrons. The van der Waals surface area contributed by atoms with Crippen molar-refractivity contribution in [2.45, 2.75) is 0 Å². The van der Waals surface area contributed by atoms with Crippen LogP contribution in [0.3, 0.4) is 0 Å². The second-order valence-electron chi connectivity index (χ2n) is 4.06. The number of nitro benzene ring substituents is 1. The summed E-state index contributed by atoms with van der Waals surface area (Å²) in [5.74, 6) is -0.971. The SMILES string of the molecule is O=[N+]([O-])c1cc(-n2nc3ccccc3n2)c(O)cc1O. The van der Waals surface area contributed by atoms with E-state index in [0.29, 0.717) is 11.0 Å². The van der Waals surface area contributed by atoms with E-state index in [4.69, 9.17) is 0 Å². The van der Waals surface area contributed by atoms with Crippen LogP contribution in [0.15, 0.2) is 36.4 Å². The van der Waals surface area contributed by atoms with Crippen LogP contribution in [0.2, 0.25) is 0 Å². The van der Waals surface area contributed by atoms with Crippen LogP contribution >= 0.6 is 0 Å². The summed E-state index contributed by atoms with van der Waals surface area (Å²) in [5, 5.41) is 38.2. The quantitative estimate of drug-likeness (QED) is 0.542. The standard InChI is InChI=1S/C12H8N4O4/c17-11-6-12(18)10(16(19)20)5-9(11)15-13-7-3-1-2-4-8(7)14-15/h1-6,17-18H. The number of hydrogen-bond donors (Lipinski definition) is 2. The molecule has 0 unspecified atom stereocenters. The molecule has 3 rings (SSSR count). The zero-order valence-corrected chi connectivity index (χ0v) is 9.96. The minimum absolute atomic E-state index is 0.0192. The number of phenols is 2. The molecule has 2 N–H and O–H groups in total. The molecule has 3 aromatic rings. The van der Waals surface area contributed by atoms with Gasteiger partial charge in [-0.3, -0.25) is 10.1 Å². The van der Waals surface area contributed by atoms with Gasteiger partial charge in [-0.2, -0.15) is 0 Å². The Morgan fingerprint density at radius 3 is 2.20 bits per heavy atom. The molecule has 2 aromatic carbocycles. The molecule has 8 heteroatoms. The summed E-state index contributed by atoms with van der Waals surface area (Å²) in [5.41, 5.74) is 0.662. The van der Waals surface area contributed by atoms with Gasteiger partial charge in [-0.25, -0.2) is 0 Å². The maximum absolute atomic E-state index is 10.8. The van der Waals surface area contributed by atoms with Crippen LogP contribution in [0, 0.1) is 10.1 Å². The lowest BCUT2D eigenvalue weighted by Crippen LogP contribution is -2.00. The van der Waals surface area contributed by atoms with Crippen LogP contribution in [0.4, 0.5) is 5.69 Å². The van der Waals surface area contributed by atoms with E-state index in [1.165, 1.54) is 0 Å². The molecule has 0 atom stereocenters. The molecule has 0 fully saturated rings. The van der Waals surface area contributed by atoms with E-state index < -0.39 is 16.4 Å². The molecule has 0 saturated carbocycles. The van der Waals surface area contributed by atoms with E-state index in [1.54, 1.807) is 24.3 Å². The topological polar surface area (TPSA) is 114 Å². The van der Waals surface area contributed by atoms with Crippen molar-refractivity contribution in [3.05, 3.63) is 46.5 Å². The minimum Gasteiger partial charge on any atom is -0.505 e. The first-order valence-electron chi connectivity index (χ1n) is 5.59. The third-order valence-corrected chi connectivity index (χ3v) is 2.77. The van der Waals surface area contributed by atoms with Gasteiger partial charge in [-0.05, 0) is 12.1 Å². The molecule has 1 heterocycles. The molecule has 8 nitrogen and oxygen atoms in total. The summed E-state index contributed by atoms with van der Waals surface area (Å²) in [6.07, 6.45) is 0. The molecular weight excluding hydrogens is 264 g/mol. The largest absolute Gasteiger partial charge is 0.505 e. The van der Waals surface area contributed by atoms with Gasteiger partial charge in [0.25, 0.3) is 0 Å². The minimum atomic E-state index is -0.749. The maximum atomic E-state index is 10.8. The smallest absolute Gasteiger partial charge is 0.313 e. The average molecular weight is 272 g/mol. The zero-order valence-electron chi connectivity index (χ0n) is 9.96. The van der Waals surface area contributed by atoms with Crippen LogP contribution in [0.1, 0.15) is 0 Å². The molecule has 0 bridgehead atoms. The second-order valence-corrected chi connectivity index (χ2v) is 4.06. The number of phenolic OH excluding ortho intramolecular Hbond substituents is 2. The maximum Gasteiger partial charge on any atom is 0.313 e. The number of rotatable bonds is 2. The van der Waals surface area contributed by atoms with Crippen molar-refractivity contribution in [1.29, 1.82) is 0 Å². The van der Waals surface area contributed by atoms with E-state index in [1.807, 2.05) is 0 Å². The Morgan fingerprint density at radius 1 is 1.05 bits per heavy atom. The molecule has 0 amide bonds. The Kier molecular flexibility index (Phi) is 2.50. The summed E-state index contributed by atoms with van der Waals surface area (Å²) in [6, 6.07) is 8.92. The Balaban J connectivity index is 2.22. The number of benzene rings is 2. The Morgan fingerprint density at radius 2 is 1.65 bits per heavy atom. The number of fused-ring (bicyclic) bond motifs is 1. The lowest BCUT2D eigenvalue weighted by Gasteiger charge is -2.04. The third-order valence-electron chi connectivity index (χ3n) is 2.77. The summed E-state index contributed by atoms with van der Waals surface area (Å²) < 4.78 is 0. The van der Waals surface area contributed by atoms with E-state index in [0.717, 1.165) is 16.9 Å². The fourth-order valence-electron chi connectivity index (χ4n) is 1.83. The van der Waals surface area contributed by atoms with Crippen LogP contribution in [0.5, 0.6) is 11.5 Å². The first kappa shape index (κ1) is 11.9. The normalized spacial score (nSPS) is 10.8. The molecule has 1 aromatic heterocycles. The predicted molar refractivity (Wildman–Crippen MR) is 68.8 cm³/mol. The van der Waals surface area contributed by atoms with Crippen molar-refractivity contribution in [1.82, 2.24) is 15.0 Å². The molecule has 0 saturated heterocycles. The number of aromatic hydroxyl groups is 2. The van der Waals surface area contributed by atoms with Gasteiger partial charge in [-0.15, -0.1) is 15.0 Å². The van der Waals surface area contributed by atoms with Crippen LogP contribution in [-0.2, 0) is 0 Å². The summed E-state index contributed by atoms with van der Waals surface area (Å²) >= 11 is 0. The molecule has 20 heavy (non-hydrogen) atoms. The first-order valence-corrected chi connectivity index (χ1v) is 5.59. The van der Waals surface area contributed by atoms with E-state index in [9.17, 15) is 20.3 Å². The van der Waals surface area contributed by atoms with E-state index in [-0.39, 0.29) is 11.4 Å². The summed E-state index contributed by atoms with van der Waals surface area (Å²) in [6.45, 7) is 0. The van der Waals surface area contributed by atoms with Gasteiger partial charge in [0.05, 0.1) is 11.0 Å². The first-order chi connectivity index (χ1) is 9.56. The molecule has 0 aliphatic heterocycles. The molecule has 0 radical (unpaired) electrons. The summed E-state index contributed by atoms with van der Waals surface area (Å²) in [4.78, 5) is 11.1. The van der Waals surface area contributed by atoms with Gasteiger partial charge in [0, 0.05) is 6.07 Å². The number of nitro groups is 1. The molecule has 0 spiro atoms. The van der Waals surface area contributed by atoms with Gasteiger partial charge in [-0.1, -0.05) is 12.1 Å². The van der Waals surface area contributed by atoms with Gasteiger partial charge in [0.2, 0.25) is 0 Å². The molecule has 0 aliphatic rings. The monoisotopic (exact) mass is 272 g/mol. The van der Waals surface area contributed by atoms with E-state index in [2.05, 4.69) is 10.2 Å². The summed E-state index contributed by atoms with van der Waals surface area (Å²) in [7, 11) is 0. The highest BCUT2D eigenvalue weighted by Crippen LogP contribution is 2.34. The highest BCUT2D eigenvalue weighted by molar-refractivity contribution is 5.74. The van der Waals surface area contributed by atoms with Crippen molar-refractivity contribution in [3.8, 4) is 17.2 Å². The highest BCUT2D eigenvalue weighted by atomic mass is 16.6. The van der Waals surface area contributed by atoms with Crippen molar-refractivity contribution >= 4 is 16.7 Å². The Bertz CT molecular complexity index is 794. The van der Waals surface area contributed by atoms with Gasteiger partial charge in [0.15, 0.2) is 5.75 Å². The molecule has 0 aliphatic carbocycles. The molecular formula is C12H8N4O4. The number of aromatic nitrogens is 3. The van der Waals surface area contributed by atoms with Gasteiger partial charge in [0.1, 0.15) is 22.5 Å². The van der Waals surface area contributed by atoms with Crippen molar-refractivity contribution in [2.75, 3.05) is 0 Å². The van der Waals surface area contributed by atoms with Crippen molar-refractivity contribution in [3.63, 3.8) is 0 Å². The fraction of sp³-hybridized carbons (Fsp3) is 0. The van der Waals surface area contributed by atoms with Crippen molar-refractivity contribution < 1.29 is 15.1 Å². The predicted octanol–water partition coefficient (Wildman–Crippen LogP) is 1.74. The van der Waals surface area contributed by atoms with Gasteiger partial charge < -0.3 is 10.2 Å². The highest BCUT2D eigenvalue weighted by Gasteiger charge is 2.19. The number of hydrogen-bond acceptors (Lipinski definition) is 6. The van der Waals surface area contributed by atoms with Crippen LogP contribution in [0.25, 0.3) is 16.7 Å². The van der Waals surface area contributed by atoms with Crippen LogP contribution < -0.4 is 0 Å². The second kappa shape index (κ2) is 4.19.